The maximum absolute atomic E-state index is 15.3. The van der Waals surface area contributed by atoms with Gasteiger partial charge in [0.15, 0.2) is 6.10 Å². The number of hydrogen-bond donors (Lipinski definition) is 4. The van der Waals surface area contributed by atoms with Gasteiger partial charge in [-0.3, -0.25) is 19.4 Å². The number of piperidine rings is 1. The highest BCUT2D eigenvalue weighted by Crippen LogP contribution is 2.70. The number of aliphatic hydroxyl groups is 3. The lowest BCUT2D eigenvalue weighted by molar-refractivity contribution is -0.228. The maximum Gasteiger partial charge on any atom is 0.344 e. The van der Waals surface area contributed by atoms with Crippen molar-refractivity contribution in [2.24, 2.45) is 57.7 Å². The second-order valence-electron chi connectivity index (χ2n) is 30.4. The Morgan fingerprint density at radius 2 is 1.63 bits per heavy atom. The van der Waals surface area contributed by atoms with Crippen LogP contribution >= 0.6 is 0 Å². The number of nitrogens with one attached hydrogen (secondary N) is 1. The van der Waals surface area contributed by atoms with Crippen LogP contribution in [0, 0.1) is 57.7 Å². The Morgan fingerprint density at radius 3 is 2.34 bits per heavy atom. The third kappa shape index (κ3) is 9.38. The first-order valence-electron chi connectivity index (χ1n) is 33.8. The largest absolute Gasteiger partial charge is 0.496 e. The fourth-order valence-corrected chi connectivity index (χ4v) is 22.2. The summed E-state index contributed by atoms with van der Waals surface area (Å²) < 4.78 is 23.9. The number of methoxy groups -OCH3 is 3. The third-order valence-corrected chi connectivity index (χ3v) is 25.9. The van der Waals surface area contributed by atoms with E-state index in [4.69, 9.17) is 18.9 Å². The molecule has 14 nitrogen and oxygen atoms in total. The number of carbonyl (C=O) groups is 3. The molecule has 18 atom stereocenters. The molecule has 2 saturated heterocycles. The van der Waals surface area contributed by atoms with Crippen LogP contribution in [0.25, 0.3) is 10.9 Å². The Balaban J connectivity index is 0.000000220. The molecule has 87 heavy (non-hydrogen) atoms. The first-order valence-corrected chi connectivity index (χ1v) is 33.8. The number of para-hydroxylation sites is 1. The summed E-state index contributed by atoms with van der Waals surface area (Å²) in [4.78, 5) is 53.2. The molecule has 4 saturated carbocycles. The molecule has 6 heterocycles. The highest BCUT2D eigenvalue weighted by Gasteiger charge is 2.80. The first-order chi connectivity index (χ1) is 41.5. The van der Waals surface area contributed by atoms with Gasteiger partial charge in [-0.15, -0.1) is 0 Å². The van der Waals surface area contributed by atoms with Gasteiger partial charge in [0.25, 0.3) is 0 Å². The van der Waals surface area contributed by atoms with E-state index in [2.05, 4.69) is 79.8 Å². The monoisotopic (exact) mass is 1200 g/mol. The number of ether oxygens (including phenoxy) is 4. The van der Waals surface area contributed by atoms with Crippen LogP contribution in [0.4, 0.5) is 5.69 Å². The molecule has 1 aromatic heterocycles. The van der Waals surface area contributed by atoms with Gasteiger partial charge in [-0.1, -0.05) is 110 Å². The van der Waals surface area contributed by atoms with Crippen molar-refractivity contribution < 1.29 is 48.7 Å². The van der Waals surface area contributed by atoms with E-state index >= 15 is 4.79 Å². The average molecular weight is 1200 g/mol. The van der Waals surface area contributed by atoms with Crippen molar-refractivity contribution in [3.05, 3.63) is 82.6 Å². The normalized spacial score (nSPS) is 40.0. The zero-order chi connectivity index (χ0) is 62.0. The standard InChI is InChI=1S/C46H58N4O9.C27H46O/c1-8-42(54)23-28-24-45(40(52)57-6,36-30(15-19-49(25-28)26-42)29-13-10-11-14-33(29)47-36)32-21-31-34(22-35(32)56-5)48(4)38-44(31)17-20-50-18-12-16-43(9-2,37(44)50)39(59-27(3)51)46(38,55)41(53)58-7;1-18(2)7-6-8-19(3)23-11-12-24-22-10-9-20-17-21(28)13-15-26(20,4)25(22)14-16-27(23,24)5/h10-14,16,21-22,28,37-39,47,54-55H,8-9,15,17-20,23-26H2,1-7H3;9,18-19,21-25,28H,6-8,10-17H2,1-5H3/t28-,37-,38+,39+,42-,43+,44+,45-,46-;19-,21+,22+,23-,24+,25+,26+,27-/m01/s1. The summed E-state index contributed by atoms with van der Waals surface area (Å²) in [6.07, 6.45) is 23.1. The molecule has 0 radical (unpaired) electrons. The molecular weight excluding hydrogens is 1090 g/mol. The summed E-state index contributed by atoms with van der Waals surface area (Å²) >= 11 is 0. The zero-order valence-electron chi connectivity index (χ0n) is 54.6. The Labute approximate surface area is 518 Å². The van der Waals surface area contributed by atoms with E-state index in [9.17, 15) is 24.9 Å². The van der Waals surface area contributed by atoms with Gasteiger partial charge in [-0.2, -0.15) is 0 Å². The number of H-pyrrole nitrogens is 1. The molecule has 1 unspecified atom stereocenters. The number of anilines is 1. The van der Waals surface area contributed by atoms with E-state index in [1.807, 2.05) is 50.1 Å². The van der Waals surface area contributed by atoms with E-state index in [-0.39, 0.29) is 18.1 Å². The van der Waals surface area contributed by atoms with Gasteiger partial charge < -0.3 is 44.2 Å². The number of allylic oxidation sites excluding steroid dienone is 1. The molecule has 2 bridgehead atoms. The highest BCUT2D eigenvalue weighted by atomic mass is 16.6. The van der Waals surface area contributed by atoms with Gasteiger partial charge in [0.05, 0.1) is 39.1 Å². The molecule has 6 fully saturated rings. The van der Waals surface area contributed by atoms with Crippen LogP contribution in [0.5, 0.6) is 5.75 Å². The number of hydrogen-bond acceptors (Lipinski definition) is 13. The Morgan fingerprint density at radius 1 is 0.862 bits per heavy atom. The van der Waals surface area contributed by atoms with Crippen molar-refractivity contribution in [3.63, 3.8) is 0 Å². The summed E-state index contributed by atoms with van der Waals surface area (Å²) in [5.74, 6) is 3.89. The molecule has 0 amide bonds. The van der Waals surface area contributed by atoms with Crippen molar-refractivity contribution in [1.82, 2.24) is 14.8 Å². The van der Waals surface area contributed by atoms with E-state index in [1.54, 1.807) is 12.7 Å². The lowest BCUT2D eigenvalue weighted by Crippen LogP contribution is -2.81. The molecule has 14 heteroatoms. The second-order valence-corrected chi connectivity index (χ2v) is 30.4. The molecule has 10 aliphatic rings. The number of carbonyl (C=O) groups excluding carboxylic acids is 3. The van der Waals surface area contributed by atoms with Gasteiger partial charge >= 0.3 is 17.9 Å². The number of rotatable bonds is 12. The summed E-state index contributed by atoms with van der Waals surface area (Å²) in [5.41, 5.74) is 0.978. The van der Waals surface area contributed by atoms with Crippen molar-refractivity contribution in [2.45, 2.75) is 211 Å². The van der Waals surface area contributed by atoms with E-state index in [0.717, 1.165) is 81.8 Å². The molecule has 1 spiro atoms. The van der Waals surface area contributed by atoms with Crippen LogP contribution < -0.4 is 9.64 Å². The Kier molecular flexibility index (Phi) is 16.4. The number of aromatic amines is 1. The number of nitrogens with zero attached hydrogens (tertiary/aromatic N) is 3. The molecule has 476 valence electrons. The quantitative estimate of drug-likeness (QED) is 0.0767. The van der Waals surface area contributed by atoms with Crippen LogP contribution in [0.1, 0.15) is 181 Å². The van der Waals surface area contributed by atoms with Crippen LogP contribution in [0.3, 0.4) is 0 Å². The fraction of sp³-hybridized carbons (Fsp3) is 0.712. The minimum absolute atomic E-state index is 0.0766. The first kappa shape index (κ1) is 62.5. The Hall–Kier alpha value is -4.73. The third-order valence-electron chi connectivity index (χ3n) is 25.9. The zero-order valence-corrected chi connectivity index (χ0v) is 54.6. The molecule has 4 N–H and O–H groups in total. The minimum Gasteiger partial charge on any atom is -0.496 e. The van der Waals surface area contributed by atoms with Gasteiger partial charge in [0.2, 0.25) is 5.60 Å². The maximum atomic E-state index is 15.3. The van der Waals surface area contributed by atoms with Gasteiger partial charge in [-0.05, 0) is 172 Å². The fourth-order valence-electron chi connectivity index (χ4n) is 22.2. The van der Waals surface area contributed by atoms with Crippen molar-refractivity contribution >= 4 is 34.5 Å². The minimum atomic E-state index is -2.30. The highest BCUT2D eigenvalue weighted by molar-refractivity contribution is 5.95. The molecule has 13 rings (SSSR count). The average Bonchev–Trinajstić information content (AvgIpc) is 1.52. The summed E-state index contributed by atoms with van der Waals surface area (Å²) in [6.45, 7) is 21.2. The summed E-state index contributed by atoms with van der Waals surface area (Å²) in [6, 6.07) is 11.0. The topological polar surface area (TPSA) is 174 Å². The predicted molar refractivity (Wildman–Crippen MR) is 339 cm³/mol. The number of benzene rings is 2. The number of likely N-dealkylation sites (N-methyl/N-ethyl adjacent to an activating group) is 1. The van der Waals surface area contributed by atoms with Crippen LogP contribution in [0.15, 0.2) is 60.2 Å². The van der Waals surface area contributed by atoms with Crippen molar-refractivity contribution in [1.29, 1.82) is 0 Å². The van der Waals surface area contributed by atoms with Gasteiger partial charge in [0, 0.05) is 90.9 Å². The smallest absolute Gasteiger partial charge is 0.344 e. The van der Waals surface area contributed by atoms with Crippen LogP contribution in [-0.2, 0) is 45.8 Å². The lowest BCUT2D eigenvalue weighted by atomic mass is 9.47. The van der Waals surface area contributed by atoms with Crippen molar-refractivity contribution in [2.75, 3.05) is 66.0 Å². The van der Waals surface area contributed by atoms with E-state index in [0.29, 0.717) is 93.4 Å². The van der Waals surface area contributed by atoms with Crippen LogP contribution in [0.2, 0.25) is 0 Å². The summed E-state index contributed by atoms with van der Waals surface area (Å²) in [5, 5.41) is 36.5. The van der Waals surface area contributed by atoms with Gasteiger partial charge in [-0.25, -0.2) is 4.79 Å². The molecular formula is C73H104N4O10. The summed E-state index contributed by atoms with van der Waals surface area (Å²) in [7, 11) is 6.15. The number of fused-ring (bicyclic) bond motifs is 11. The number of aliphatic hydroxyl groups excluding tert-OH is 1. The predicted octanol–water partition coefficient (Wildman–Crippen LogP) is 11.4. The number of esters is 3. The van der Waals surface area contributed by atoms with E-state index in [1.165, 1.54) is 78.9 Å². The van der Waals surface area contributed by atoms with Crippen molar-refractivity contribution in [3.8, 4) is 5.75 Å². The Bertz CT molecular complexity index is 3190. The number of aromatic nitrogens is 1. The second kappa shape index (κ2) is 22.9. The molecule has 3 aromatic rings. The molecule has 2 aromatic carbocycles. The SMILES string of the molecule is CC(C)CCC[C@@H](C)[C@H]1CC[C@H]2[C@@H]3CC=C4C[C@@H](O)CC[C@]4(C)[C@H]3CC[C@]12C.CC[C@]1(O)C[C@@H]2CN(CCc3c([nH]c4ccccc34)[C@@](C(=O)OC)(c3cc4c(cc3OC)N(C)[C@H]3[C@@](O)(C(=O)OC)[C@H](OC(C)=O)[C@]5(CC)C=CCN6CC[C@]43[C@@H]65)C2)C1. The molecule has 5 aliphatic heterocycles. The lowest BCUT2D eigenvalue weighted by Gasteiger charge is -2.63. The molecule has 5 aliphatic carbocycles. The van der Waals surface area contributed by atoms with Gasteiger partial charge in [0.1, 0.15) is 11.2 Å². The van der Waals surface area contributed by atoms with E-state index < -0.39 is 57.5 Å². The van der Waals surface area contributed by atoms with Crippen LogP contribution in [-0.4, -0.2) is 145 Å².